The van der Waals surface area contributed by atoms with Crippen LogP contribution in [0.5, 0.6) is 0 Å². The molecule has 0 spiro atoms. The molecule has 0 saturated carbocycles. The van der Waals surface area contributed by atoms with Crippen molar-refractivity contribution in [3.63, 3.8) is 0 Å². The molecule has 2 heterocycles. The lowest BCUT2D eigenvalue weighted by Crippen LogP contribution is -2.09. The first kappa shape index (κ1) is 21.3. The van der Waals surface area contributed by atoms with Crippen molar-refractivity contribution in [2.24, 2.45) is 7.05 Å². The van der Waals surface area contributed by atoms with Crippen molar-refractivity contribution in [1.29, 1.82) is 0 Å². The van der Waals surface area contributed by atoms with Crippen LogP contribution in [0.4, 0.5) is 18.9 Å². The number of hydrogen-bond acceptors (Lipinski definition) is 4. The molecule has 4 aromatic rings. The molecule has 1 N–H and O–H groups in total. The highest BCUT2D eigenvalue weighted by Crippen LogP contribution is 2.38. The summed E-state index contributed by atoms with van der Waals surface area (Å²) in [5.74, 6) is 0. The van der Waals surface area contributed by atoms with Crippen LogP contribution < -0.4 is 4.72 Å². The Morgan fingerprint density at radius 1 is 1.06 bits per heavy atom. The van der Waals surface area contributed by atoms with Crippen molar-refractivity contribution < 1.29 is 21.6 Å². The Kier molecular flexibility index (Phi) is 5.26. The maximum absolute atomic E-state index is 12.6. The van der Waals surface area contributed by atoms with Crippen molar-refractivity contribution in [1.82, 2.24) is 14.3 Å². The molecule has 0 amide bonds. The monoisotopic (exact) mass is 466 g/mol. The van der Waals surface area contributed by atoms with E-state index in [9.17, 15) is 21.6 Å². The van der Waals surface area contributed by atoms with E-state index in [0.29, 0.717) is 11.4 Å². The summed E-state index contributed by atoms with van der Waals surface area (Å²) in [6, 6.07) is 11.2. The SMILES string of the molecule is Cn1cc(-c2cn(-c3ccc(SC(F)(F)F)cc3)c3ccc(NS(C)(=O)=O)cc23)cn1. The molecule has 6 nitrogen and oxygen atoms in total. The first-order chi connectivity index (χ1) is 14.5. The minimum absolute atomic E-state index is 0.0971. The number of sulfonamides is 1. The number of alkyl halides is 3. The maximum Gasteiger partial charge on any atom is 0.446 e. The zero-order valence-electron chi connectivity index (χ0n) is 16.4. The van der Waals surface area contributed by atoms with Crippen LogP contribution in [0.2, 0.25) is 0 Å². The standard InChI is InChI=1S/C20H17F3N4O2S2/c1-26-11-13(10-24-26)18-12-27(15-4-6-16(7-5-15)30-20(21,22)23)19-8-3-14(9-17(18)19)25-31(2,28)29/h3-12,25H,1-2H3. The molecule has 11 heteroatoms. The number of halogens is 3. The lowest BCUT2D eigenvalue weighted by atomic mass is 10.1. The number of thioether (sulfide) groups is 1. The van der Waals surface area contributed by atoms with Gasteiger partial charge in [0, 0.05) is 52.2 Å². The van der Waals surface area contributed by atoms with Crippen LogP contribution in [-0.4, -0.2) is 34.5 Å². The average Bonchev–Trinajstić information content (AvgIpc) is 3.23. The van der Waals surface area contributed by atoms with Crippen molar-refractivity contribution in [2.75, 3.05) is 11.0 Å². The summed E-state index contributed by atoms with van der Waals surface area (Å²) in [6.07, 6.45) is 6.46. The van der Waals surface area contributed by atoms with Gasteiger partial charge < -0.3 is 4.57 Å². The minimum Gasteiger partial charge on any atom is -0.316 e. The van der Waals surface area contributed by atoms with Gasteiger partial charge in [-0.05, 0) is 54.2 Å². The highest BCUT2D eigenvalue weighted by molar-refractivity contribution is 8.00. The average molecular weight is 467 g/mol. The van der Waals surface area contributed by atoms with Crippen LogP contribution in [0.25, 0.3) is 27.7 Å². The summed E-state index contributed by atoms with van der Waals surface area (Å²) < 4.78 is 67.1. The quantitative estimate of drug-likeness (QED) is 0.420. The fraction of sp³-hybridized carbons (Fsp3) is 0.150. The Morgan fingerprint density at radius 2 is 1.77 bits per heavy atom. The van der Waals surface area contributed by atoms with Crippen LogP contribution >= 0.6 is 11.8 Å². The highest BCUT2D eigenvalue weighted by Gasteiger charge is 2.29. The first-order valence-electron chi connectivity index (χ1n) is 8.97. The molecule has 4 rings (SSSR count). The zero-order valence-corrected chi connectivity index (χ0v) is 18.0. The molecular weight excluding hydrogens is 449 g/mol. The Hall–Kier alpha value is -2.92. The summed E-state index contributed by atoms with van der Waals surface area (Å²) in [7, 11) is -1.66. The van der Waals surface area contributed by atoms with Gasteiger partial charge in [-0.3, -0.25) is 9.40 Å². The number of fused-ring (bicyclic) bond motifs is 1. The van der Waals surface area contributed by atoms with Crippen molar-refractivity contribution >= 4 is 38.4 Å². The highest BCUT2D eigenvalue weighted by atomic mass is 32.2. The Bertz CT molecular complexity index is 1360. The lowest BCUT2D eigenvalue weighted by molar-refractivity contribution is -0.0328. The molecular formula is C20H17F3N4O2S2. The molecule has 0 aliphatic rings. The van der Waals surface area contributed by atoms with Gasteiger partial charge in [0.2, 0.25) is 10.0 Å². The number of nitrogens with one attached hydrogen (secondary N) is 1. The Labute approximate surface area is 180 Å². The van der Waals surface area contributed by atoms with Gasteiger partial charge in [0.1, 0.15) is 0 Å². The van der Waals surface area contributed by atoms with Gasteiger partial charge in [0.15, 0.2) is 0 Å². The van der Waals surface area contributed by atoms with E-state index >= 15 is 0 Å². The van der Waals surface area contributed by atoms with E-state index < -0.39 is 15.5 Å². The molecule has 0 saturated heterocycles. The third-order valence-corrected chi connectivity index (χ3v) is 5.82. The van der Waals surface area contributed by atoms with Gasteiger partial charge in [0.25, 0.3) is 0 Å². The normalized spacial score (nSPS) is 12.4. The van der Waals surface area contributed by atoms with Gasteiger partial charge >= 0.3 is 5.51 Å². The van der Waals surface area contributed by atoms with E-state index in [2.05, 4.69) is 9.82 Å². The summed E-state index contributed by atoms with van der Waals surface area (Å²) in [6.45, 7) is 0. The number of anilines is 1. The smallest absolute Gasteiger partial charge is 0.316 e. The number of rotatable bonds is 5. The second-order valence-corrected chi connectivity index (χ2v) is 9.85. The topological polar surface area (TPSA) is 68.9 Å². The van der Waals surface area contributed by atoms with Crippen molar-refractivity contribution in [2.45, 2.75) is 10.4 Å². The van der Waals surface area contributed by atoms with E-state index in [4.69, 9.17) is 0 Å². The largest absolute Gasteiger partial charge is 0.446 e. The number of hydrogen-bond donors (Lipinski definition) is 1. The van der Waals surface area contributed by atoms with Crippen LogP contribution in [-0.2, 0) is 17.1 Å². The van der Waals surface area contributed by atoms with E-state index in [0.717, 1.165) is 28.3 Å². The Morgan fingerprint density at radius 3 is 2.35 bits per heavy atom. The third-order valence-electron chi connectivity index (χ3n) is 4.47. The second kappa shape index (κ2) is 7.65. The number of nitrogens with zero attached hydrogens (tertiary/aromatic N) is 3. The van der Waals surface area contributed by atoms with Gasteiger partial charge in [-0.25, -0.2) is 8.42 Å². The fourth-order valence-corrected chi connectivity index (χ4v) is 4.41. The lowest BCUT2D eigenvalue weighted by Gasteiger charge is -2.09. The molecule has 2 aromatic carbocycles. The third kappa shape index (κ3) is 4.88. The van der Waals surface area contributed by atoms with Crippen LogP contribution in [0.1, 0.15) is 0 Å². The van der Waals surface area contributed by atoms with Crippen LogP contribution in [0.15, 0.2) is 66.0 Å². The number of benzene rings is 2. The molecule has 0 aliphatic heterocycles. The molecule has 0 bridgehead atoms. The van der Waals surface area contributed by atoms with Crippen molar-refractivity contribution in [3.8, 4) is 16.8 Å². The van der Waals surface area contributed by atoms with E-state index in [-0.39, 0.29) is 16.7 Å². The van der Waals surface area contributed by atoms with Crippen molar-refractivity contribution in [3.05, 3.63) is 61.1 Å². The summed E-state index contributed by atoms with van der Waals surface area (Å²) >= 11 is -0.165. The predicted octanol–water partition coefficient (Wildman–Crippen LogP) is 5.01. The van der Waals surface area contributed by atoms with Crippen LogP contribution in [0, 0.1) is 0 Å². The zero-order chi connectivity index (χ0) is 22.4. The van der Waals surface area contributed by atoms with E-state index in [1.165, 1.54) is 12.1 Å². The predicted molar refractivity (Wildman–Crippen MR) is 116 cm³/mol. The van der Waals surface area contributed by atoms with Gasteiger partial charge in [0.05, 0.1) is 18.0 Å². The fourth-order valence-electron chi connectivity index (χ4n) is 3.32. The maximum atomic E-state index is 12.6. The molecule has 0 radical (unpaired) electrons. The second-order valence-electron chi connectivity index (χ2n) is 6.96. The summed E-state index contributed by atoms with van der Waals surface area (Å²) in [5.41, 5.74) is -0.849. The van der Waals surface area contributed by atoms with Crippen LogP contribution in [0.3, 0.4) is 0 Å². The minimum atomic E-state index is -4.35. The molecule has 2 aromatic heterocycles. The van der Waals surface area contributed by atoms with Gasteiger partial charge in [-0.15, -0.1) is 0 Å². The Balaban J connectivity index is 1.84. The number of aryl methyl sites for hydroxylation is 1. The molecule has 0 unspecified atom stereocenters. The molecule has 0 fully saturated rings. The summed E-state index contributed by atoms with van der Waals surface area (Å²) in [4.78, 5) is 0.0971. The molecule has 0 atom stereocenters. The van der Waals surface area contributed by atoms with Gasteiger partial charge in [-0.1, -0.05) is 0 Å². The number of aromatic nitrogens is 3. The van der Waals surface area contributed by atoms with E-state index in [1.54, 1.807) is 48.3 Å². The molecule has 31 heavy (non-hydrogen) atoms. The molecule has 0 aliphatic carbocycles. The first-order valence-corrected chi connectivity index (χ1v) is 11.7. The van der Waals surface area contributed by atoms with Gasteiger partial charge in [-0.2, -0.15) is 18.3 Å². The molecule has 162 valence electrons. The van der Waals surface area contributed by atoms with E-state index in [1.807, 2.05) is 17.0 Å². The summed E-state index contributed by atoms with van der Waals surface area (Å²) in [5, 5.41) is 4.97.